The Morgan fingerprint density at radius 3 is 2.62 bits per heavy atom. The highest BCUT2D eigenvalue weighted by Gasteiger charge is 2.16. The number of anilines is 1. The van der Waals surface area contributed by atoms with Crippen LogP contribution in [0.2, 0.25) is 0 Å². The average molecular weight is 432 g/mol. The summed E-state index contributed by atoms with van der Waals surface area (Å²) < 4.78 is 17.0. The summed E-state index contributed by atoms with van der Waals surface area (Å²) in [5, 5.41) is 6.69. The van der Waals surface area contributed by atoms with Crippen molar-refractivity contribution >= 4 is 11.6 Å². The minimum absolute atomic E-state index is 0.0816. The summed E-state index contributed by atoms with van der Waals surface area (Å²) in [4.78, 5) is 29.9. The van der Waals surface area contributed by atoms with Gasteiger partial charge in [-0.05, 0) is 24.3 Å². The first kappa shape index (κ1) is 20.9. The number of amides is 1. The largest absolute Gasteiger partial charge is 0.497 e. The van der Waals surface area contributed by atoms with Crippen LogP contribution < -0.4 is 20.3 Å². The molecule has 0 fully saturated rings. The summed E-state index contributed by atoms with van der Waals surface area (Å²) in [6, 6.07) is 17.5. The van der Waals surface area contributed by atoms with Gasteiger partial charge < -0.3 is 23.9 Å². The van der Waals surface area contributed by atoms with Gasteiger partial charge in [-0.1, -0.05) is 35.5 Å². The van der Waals surface area contributed by atoms with E-state index in [9.17, 15) is 9.59 Å². The number of rotatable bonds is 7. The van der Waals surface area contributed by atoms with Crippen LogP contribution in [0.15, 0.2) is 76.2 Å². The van der Waals surface area contributed by atoms with E-state index < -0.39 is 11.5 Å². The van der Waals surface area contributed by atoms with Gasteiger partial charge in [-0.2, -0.15) is 4.98 Å². The van der Waals surface area contributed by atoms with E-state index in [0.717, 1.165) is 5.56 Å². The summed E-state index contributed by atoms with van der Waals surface area (Å²) in [6.07, 6.45) is 1.52. The zero-order chi connectivity index (χ0) is 22.5. The molecule has 0 aliphatic rings. The van der Waals surface area contributed by atoms with E-state index in [4.69, 9.17) is 14.0 Å². The van der Waals surface area contributed by atoms with Gasteiger partial charge in [-0.15, -0.1) is 0 Å². The van der Waals surface area contributed by atoms with E-state index in [1.165, 1.54) is 25.0 Å². The number of carbonyl (C=O) groups is 1. The van der Waals surface area contributed by atoms with Crippen LogP contribution in [0.1, 0.15) is 0 Å². The Bertz CT molecular complexity index is 1300. The van der Waals surface area contributed by atoms with E-state index in [1.54, 1.807) is 30.3 Å². The molecule has 1 N–H and O–H groups in total. The molecule has 0 spiro atoms. The zero-order valence-corrected chi connectivity index (χ0v) is 17.4. The molecule has 2 heterocycles. The van der Waals surface area contributed by atoms with Gasteiger partial charge in [0, 0.05) is 17.8 Å². The summed E-state index contributed by atoms with van der Waals surface area (Å²) in [5.74, 6) is 1.08. The van der Waals surface area contributed by atoms with Gasteiger partial charge in [0.2, 0.25) is 11.7 Å². The molecule has 4 aromatic rings. The topological polar surface area (TPSA) is 108 Å². The minimum atomic E-state index is -0.427. The van der Waals surface area contributed by atoms with E-state index in [2.05, 4.69) is 15.5 Å². The quantitative estimate of drug-likeness (QED) is 0.478. The number of nitrogens with one attached hydrogen (secondary N) is 1. The zero-order valence-electron chi connectivity index (χ0n) is 17.4. The SMILES string of the molecule is COc1ccc(OC)c(NC(=O)Cn2cccc(-c3nc(-c4ccccc4)no3)c2=O)c1. The number of nitrogens with zero attached hydrogens (tertiary/aromatic N) is 3. The fourth-order valence-corrected chi connectivity index (χ4v) is 3.12. The smallest absolute Gasteiger partial charge is 0.263 e. The third kappa shape index (κ3) is 4.36. The Hall–Kier alpha value is -4.40. The van der Waals surface area contributed by atoms with Gasteiger partial charge in [-0.3, -0.25) is 9.59 Å². The van der Waals surface area contributed by atoms with E-state index >= 15 is 0 Å². The van der Waals surface area contributed by atoms with Crippen LogP contribution in [0, 0.1) is 0 Å². The second-order valence-corrected chi connectivity index (χ2v) is 6.76. The molecular weight excluding hydrogens is 412 g/mol. The standard InChI is InChI=1S/C23H20N4O5/c1-30-16-10-11-19(31-2)18(13-16)24-20(28)14-27-12-6-9-17(23(27)29)22-25-21(26-32-22)15-7-4-3-5-8-15/h3-13H,14H2,1-2H3,(H,24,28). The highest BCUT2D eigenvalue weighted by atomic mass is 16.5. The van der Waals surface area contributed by atoms with E-state index in [-0.39, 0.29) is 18.0 Å². The Morgan fingerprint density at radius 2 is 1.88 bits per heavy atom. The van der Waals surface area contributed by atoms with Crippen molar-refractivity contribution in [2.75, 3.05) is 19.5 Å². The molecule has 4 rings (SSSR count). The van der Waals surface area contributed by atoms with Gasteiger partial charge >= 0.3 is 0 Å². The molecule has 2 aromatic heterocycles. The molecule has 0 unspecified atom stereocenters. The predicted octanol–water partition coefficient (Wildman–Crippen LogP) is 3.22. The molecular formula is C23H20N4O5. The van der Waals surface area contributed by atoms with Crippen molar-refractivity contribution in [3.63, 3.8) is 0 Å². The molecule has 1 amide bonds. The molecule has 0 atom stereocenters. The fraction of sp³-hybridized carbons (Fsp3) is 0.130. The van der Waals surface area contributed by atoms with Crippen LogP contribution >= 0.6 is 0 Å². The van der Waals surface area contributed by atoms with E-state index in [1.807, 2.05) is 30.3 Å². The monoisotopic (exact) mass is 432 g/mol. The summed E-state index contributed by atoms with van der Waals surface area (Å²) >= 11 is 0. The number of benzene rings is 2. The number of hydrogen-bond donors (Lipinski definition) is 1. The number of hydrogen-bond acceptors (Lipinski definition) is 7. The Kier molecular flexibility index (Phi) is 5.98. The Balaban J connectivity index is 1.56. The van der Waals surface area contributed by atoms with E-state index in [0.29, 0.717) is 23.0 Å². The third-order valence-corrected chi connectivity index (χ3v) is 4.70. The average Bonchev–Trinajstić information content (AvgIpc) is 3.31. The summed E-state index contributed by atoms with van der Waals surface area (Å²) in [6.45, 7) is -0.216. The molecule has 0 saturated carbocycles. The van der Waals surface area contributed by atoms with Crippen molar-refractivity contribution in [2.24, 2.45) is 0 Å². The summed E-state index contributed by atoms with van der Waals surface area (Å²) in [5.41, 5.74) is 0.980. The Labute approximate surface area is 183 Å². The lowest BCUT2D eigenvalue weighted by atomic mass is 10.2. The second kappa shape index (κ2) is 9.17. The van der Waals surface area contributed by atoms with Crippen LogP contribution in [0.4, 0.5) is 5.69 Å². The van der Waals surface area contributed by atoms with Crippen LogP contribution in [-0.2, 0) is 11.3 Å². The third-order valence-electron chi connectivity index (χ3n) is 4.70. The number of carbonyl (C=O) groups excluding carboxylic acids is 1. The molecule has 32 heavy (non-hydrogen) atoms. The van der Waals surface area contributed by atoms with Crippen molar-refractivity contribution < 1.29 is 18.8 Å². The van der Waals surface area contributed by atoms with Crippen molar-refractivity contribution in [3.05, 3.63) is 77.2 Å². The highest BCUT2D eigenvalue weighted by molar-refractivity contribution is 5.92. The first-order valence-electron chi connectivity index (χ1n) is 9.70. The maximum Gasteiger partial charge on any atom is 0.263 e. The lowest BCUT2D eigenvalue weighted by Crippen LogP contribution is -2.28. The number of methoxy groups -OCH3 is 2. The first-order valence-corrected chi connectivity index (χ1v) is 9.70. The molecule has 0 aliphatic heterocycles. The van der Waals surface area contributed by atoms with Gasteiger partial charge in [0.05, 0.1) is 19.9 Å². The number of aromatic nitrogens is 3. The molecule has 0 aliphatic carbocycles. The molecule has 0 saturated heterocycles. The number of pyridine rings is 1. The normalized spacial score (nSPS) is 10.6. The van der Waals surface area contributed by atoms with Crippen molar-refractivity contribution in [2.45, 2.75) is 6.54 Å². The van der Waals surface area contributed by atoms with Gasteiger partial charge in [-0.25, -0.2) is 0 Å². The second-order valence-electron chi connectivity index (χ2n) is 6.76. The first-order chi connectivity index (χ1) is 15.6. The van der Waals surface area contributed by atoms with Crippen LogP contribution in [0.3, 0.4) is 0 Å². The van der Waals surface area contributed by atoms with Crippen molar-refractivity contribution in [1.82, 2.24) is 14.7 Å². The maximum absolute atomic E-state index is 12.9. The van der Waals surface area contributed by atoms with Gasteiger partial charge in [0.1, 0.15) is 23.6 Å². The number of ether oxygens (including phenoxy) is 2. The summed E-state index contributed by atoms with van der Waals surface area (Å²) in [7, 11) is 3.03. The molecule has 9 heteroatoms. The van der Waals surface area contributed by atoms with Crippen LogP contribution in [0.5, 0.6) is 11.5 Å². The fourth-order valence-electron chi connectivity index (χ4n) is 3.12. The molecule has 9 nitrogen and oxygen atoms in total. The van der Waals surface area contributed by atoms with Crippen LogP contribution in [0.25, 0.3) is 22.8 Å². The van der Waals surface area contributed by atoms with Crippen molar-refractivity contribution in [3.8, 4) is 34.3 Å². The molecule has 0 bridgehead atoms. The van der Waals surface area contributed by atoms with Crippen LogP contribution in [-0.4, -0.2) is 34.8 Å². The Morgan fingerprint density at radius 1 is 1.06 bits per heavy atom. The van der Waals surface area contributed by atoms with Crippen molar-refractivity contribution in [1.29, 1.82) is 0 Å². The lowest BCUT2D eigenvalue weighted by molar-refractivity contribution is -0.116. The predicted molar refractivity (Wildman–Crippen MR) is 118 cm³/mol. The highest BCUT2D eigenvalue weighted by Crippen LogP contribution is 2.28. The molecule has 2 aromatic carbocycles. The van der Waals surface area contributed by atoms with Gasteiger partial charge in [0.15, 0.2) is 0 Å². The van der Waals surface area contributed by atoms with Gasteiger partial charge in [0.25, 0.3) is 11.4 Å². The molecule has 0 radical (unpaired) electrons. The maximum atomic E-state index is 12.9. The molecule has 162 valence electrons. The lowest BCUT2D eigenvalue weighted by Gasteiger charge is -2.12. The minimum Gasteiger partial charge on any atom is -0.497 e.